The Hall–Kier alpha value is -2.21. The van der Waals surface area contributed by atoms with Crippen molar-refractivity contribution < 1.29 is 14.1 Å². The number of likely N-dealkylation sites (tertiary alicyclic amines) is 1. The largest absolute Gasteiger partial charge is 0.367 e. The van der Waals surface area contributed by atoms with Gasteiger partial charge >= 0.3 is 0 Å². The lowest BCUT2D eigenvalue weighted by atomic mass is 10.0. The monoisotopic (exact) mass is 329 g/mol. The van der Waals surface area contributed by atoms with E-state index >= 15 is 0 Å². The van der Waals surface area contributed by atoms with Gasteiger partial charge < -0.3 is 14.2 Å². The van der Waals surface area contributed by atoms with E-state index in [0.717, 1.165) is 31.4 Å². The summed E-state index contributed by atoms with van der Waals surface area (Å²) in [6.45, 7) is 3.43. The summed E-state index contributed by atoms with van der Waals surface area (Å²) in [6.07, 6.45) is 3.50. The minimum atomic E-state index is -0.0715. The van der Waals surface area contributed by atoms with Crippen molar-refractivity contribution in [3.05, 3.63) is 47.6 Å². The van der Waals surface area contributed by atoms with Gasteiger partial charge in [-0.05, 0) is 24.8 Å². The first kappa shape index (κ1) is 16.6. The van der Waals surface area contributed by atoms with Gasteiger partial charge in [0.1, 0.15) is 6.61 Å². The molecule has 1 aliphatic heterocycles. The highest BCUT2D eigenvalue weighted by Crippen LogP contribution is 2.29. The van der Waals surface area contributed by atoms with Crippen molar-refractivity contribution >= 4 is 5.91 Å². The lowest BCUT2D eigenvalue weighted by Gasteiger charge is -2.33. The van der Waals surface area contributed by atoms with Crippen molar-refractivity contribution in [3.63, 3.8) is 0 Å². The molecule has 2 aromatic rings. The zero-order chi connectivity index (χ0) is 16.8. The molecule has 0 saturated carbocycles. The number of nitrogens with zero attached hydrogens (tertiary/aromatic N) is 3. The highest BCUT2D eigenvalue weighted by atomic mass is 16.5. The first-order chi connectivity index (χ1) is 11.8. The molecule has 0 aliphatic carbocycles. The van der Waals surface area contributed by atoms with Crippen LogP contribution in [0.25, 0.3) is 0 Å². The average molecular weight is 329 g/mol. The second kappa shape index (κ2) is 8.06. The van der Waals surface area contributed by atoms with Crippen molar-refractivity contribution in [2.45, 2.75) is 51.9 Å². The summed E-state index contributed by atoms with van der Waals surface area (Å²) in [4.78, 5) is 18.4. The SMILES string of the molecule is CCC(=O)N1CCCCC1c1noc(COCc2ccccc2)n1. The van der Waals surface area contributed by atoms with Gasteiger partial charge in [0, 0.05) is 13.0 Å². The molecule has 24 heavy (non-hydrogen) atoms. The maximum atomic E-state index is 12.1. The number of piperidine rings is 1. The minimum Gasteiger partial charge on any atom is -0.367 e. The summed E-state index contributed by atoms with van der Waals surface area (Å²) in [5.41, 5.74) is 1.10. The number of hydrogen-bond acceptors (Lipinski definition) is 5. The summed E-state index contributed by atoms with van der Waals surface area (Å²) >= 11 is 0. The van der Waals surface area contributed by atoms with Crippen LogP contribution in [0.15, 0.2) is 34.9 Å². The molecule has 1 aliphatic rings. The Morgan fingerprint density at radius 3 is 2.92 bits per heavy atom. The van der Waals surface area contributed by atoms with E-state index < -0.39 is 0 Å². The zero-order valence-electron chi connectivity index (χ0n) is 14.0. The second-order valence-electron chi connectivity index (χ2n) is 5.98. The molecular formula is C18H23N3O3. The predicted octanol–water partition coefficient (Wildman–Crippen LogP) is 3.25. The van der Waals surface area contributed by atoms with Crippen molar-refractivity contribution in [1.29, 1.82) is 0 Å². The molecule has 1 aromatic carbocycles. The van der Waals surface area contributed by atoms with E-state index in [1.807, 2.05) is 42.2 Å². The molecule has 6 heteroatoms. The predicted molar refractivity (Wildman–Crippen MR) is 87.8 cm³/mol. The molecule has 1 amide bonds. The first-order valence-corrected chi connectivity index (χ1v) is 8.51. The zero-order valence-corrected chi connectivity index (χ0v) is 14.0. The molecule has 128 valence electrons. The molecule has 1 atom stereocenters. The van der Waals surface area contributed by atoms with Gasteiger partial charge in [0.15, 0.2) is 5.82 Å². The topological polar surface area (TPSA) is 68.5 Å². The van der Waals surface area contributed by atoms with Crippen molar-refractivity contribution in [1.82, 2.24) is 15.0 Å². The Balaban J connectivity index is 1.58. The van der Waals surface area contributed by atoms with Gasteiger partial charge in [-0.2, -0.15) is 4.98 Å². The summed E-state index contributed by atoms with van der Waals surface area (Å²) in [5.74, 6) is 1.19. The Kier molecular flexibility index (Phi) is 5.59. The van der Waals surface area contributed by atoms with E-state index in [4.69, 9.17) is 9.26 Å². The molecule has 0 bridgehead atoms. The maximum Gasteiger partial charge on any atom is 0.252 e. The molecule has 1 fully saturated rings. The van der Waals surface area contributed by atoms with Gasteiger partial charge in [0.05, 0.1) is 12.6 Å². The van der Waals surface area contributed by atoms with Crippen LogP contribution in [-0.4, -0.2) is 27.5 Å². The molecule has 0 radical (unpaired) electrons. The van der Waals surface area contributed by atoms with Gasteiger partial charge in [0.25, 0.3) is 5.89 Å². The Labute approximate surface area is 141 Å². The van der Waals surface area contributed by atoms with Crippen LogP contribution in [0.2, 0.25) is 0 Å². The van der Waals surface area contributed by atoms with Crippen LogP contribution in [0, 0.1) is 0 Å². The quantitative estimate of drug-likeness (QED) is 0.814. The van der Waals surface area contributed by atoms with Crippen LogP contribution in [0.3, 0.4) is 0 Å². The van der Waals surface area contributed by atoms with Crippen molar-refractivity contribution in [2.24, 2.45) is 0 Å². The number of aromatic nitrogens is 2. The standard InChI is InChI=1S/C18H23N3O3/c1-2-17(22)21-11-7-6-10-15(21)18-19-16(24-20-18)13-23-12-14-8-4-3-5-9-14/h3-5,8-9,15H,2,6-7,10-13H2,1H3. The number of ether oxygens (including phenoxy) is 1. The molecule has 0 spiro atoms. The van der Waals surface area contributed by atoms with Crippen molar-refractivity contribution in [2.75, 3.05) is 6.54 Å². The third-order valence-corrected chi connectivity index (χ3v) is 4.24. The molecule has 1 aromatic heterocycles. The molecule has 3 rings (SSSR count). The number of carbonyl (C=O) groups is 1. The molecule has 0 N–H and O–H groups in total. The van der Waals surface area contributed by atoms with Gasteiger partial charge in [0.2, 0.25) is 5.91 Å². The molecule has 6 nitrogen and oxygen atoms in total. The average Bonchev–Trinajstić information content (AvgIpc) is 3.11. The fourth-order valence-electron chi connectivity index (χ4n) is 2.99. The number of rotatable bonds is 6. The van der Waals surface area contributed by atoms with Crippen LogP contribution in [0.1, 0.15) is 55.9 Å². The van der Waals surface area contributed by atoms with E-state index in [1.54, 1.807) is 0 Å². The van der Waals surface area contributed by atoms with E-state index in [2.05, 4.69) is 10.1 Å². The molecular weight excluding hydrogens is 306 g/mol. The third kappa shape index (κ3) is 4.00. The normalized spacial score (nSPS) is 17.9. The lowest BCUT2D eigenvalue weighted by Crippen LogP contribution is -2.38. The highest BCUT2D eigenvalue weighted by Gasteiger charge is 2.30. The lowest BCUT2D eigenvalue weighted by molar-refractivity contribution is -0.134. The van der Waals surface area contributed by atoms with Gasteiger partial charge in [-0.1, -0.05) is 42.4 Å². The second-order valence-corrected chi connectivity index (χ2v) is 5.98. The molecule has 1 unspecified atom stereocenters. The number of amides is 1. The van der Waals surface area contributed by atoms with Crippen LogP contribution < -0.4 is 0 Å². The smallest absolute Gasteiger partial charge is 0.252 e. The van der Waals surface area contributed by atoms with Crippen LogP contribution >= 0.6 is 0 Å². The Morgan fingerprint density at radius 1 is 1.29 bits per heavy atom. The maximum absolute atomic E-state index is 12.1. The fourth-order valence-corrected chi connectivity index (χ4v) is 2.99. The van der Waals surface area contributed by atoms with Crippen LogP contribution in [0.4, 0.5) is 0 Å². The molecule has 2 heterocycles. The molecule has 1 saturated heterocycles. The number of hydrogen-bond donors (Lipinski definition) is 0. The highest BCUT2D eigenvalue weighted by molar-refractivity contribution is 5.76. The van der Waals surface area contributed by atoms with Gasteiger partial charge in [-0.25, -0.2) is 0 Å². The number of benzene rings is 1. The summed E-state index contributed by atoms with van der Waals surface area (Å²) in [7, 11) is 0. The van der Waals surface area contributed by atoms with E-state index in [1.165, 1.54) is 0 Å². The van der Waals surface area contributed by atoms with E-state index in [0.29, 0.717) is 24.7 Å². The number of carbonyl (C=O) groups excluding carboxylic acids is 1. The Morgan fingerprint density at radius 2 is 2.12 bits per heavy atom. The van der Waals surface area contributed by atoms with Crippen molar-refractivity contribution in [3.8, 4) is 0 Å². The van der Waals surface area contributed by atoms with Crippen LogP contribution in [0.5, 0.6) is 0 Å². The Bertz CT molecular complexity index is 657. The van der Waals surface area contributed by atoms with Crippen LogP contribution in [-0.2, 0) is 22.7 Å². The third-order valence-electron chi connectivity index (χ3n) is 4.24. The minimum absolute atomic E-state index is 0.0715. The van der Waals surface area contributed by atoms with Gasteiger partial charge in [-0.15, -0.1) is 0 Å². The fraction of sp³-hybridized carbons (Fsp3) is 0.500. The summed E-state index contributed by atoms with van der Waals surface area (Å²) in [6, 6.07) is 9.88. The first-order valence-electron chi connectivity index (χ1n) is 8.51. The summed E-state index contributed by atoms with van der Waals surface area (Å²) in [5, 5.41) is 4.07. The van der Waals surface area contributed by atoms with Gasteiger partial charge in [-0.3, -0.25) is 4.79 Å². The summed E-state index contributed by atoms with van der Waals surface area (Å²) < 4.78 is 10.9. The van der Waals surface area contributed by atoms with E-state index in [9.17, 15) is 4.79 Å². The van der Waals surface area contributed by atoms with E-state index in [-0.39, 0.29) is 18.6 Å².